The molecular formula is C21H26N7Na4O17P3. The normalized spacial score (nSPS) is 29.4. The van der Waals surface area contributed by atoms with Crippen molar-refractivity contribution in [3.05, 3.63) is 36.7 Å². The van der Waals surface area contributed by atoms with E-state index in [9.17, 15) is 53.4 Å². The smallest absolute Gasteiger partial charge is 0.790 e. The van der Waals surface area contributed by atoms with Gasteiger partial charge in [-0.05, 0) is 6.42 Å². The van der Waals surface area contributed by atoms with Crippen LogP contribution in [0.4, 0.5) is 5.82 Å². The van der Waals surface area contributed by atoms with E-state index in [0.29, 0.717) is 0 Å². The molecule has 1 amide bonds. The number of allylic oxidation sites excluding steroid dienone is 1. The Morgan fingerprint density at radius 3 is 2.06 bits per heavy atom. The van der Waals surface area contributed by atoms with Crippen LogP contribution in [0.1, 0.15) is 12.6 Å². The first-order valence-corrected chi connectivity index (χ1v) is 17.8. The molecule has 31 heteroatoms. The molecule has 52 heavy (non-hydrogen) atoms. The van der Waals surface area contributed by atoms with E-state index in [2.05, 4.69) is 32.8 Å². The van der Waals surface area contributed by atoms with Crippen molar-refractivity contribution in [2.75, 3.05) is 18.9 Å². The number of nitrogen functional groups attached to an aromatic ring is 1. The summed E-state index contributed by atoms with van der Waals surface area (Å²) in [6, 6.07) is 0. The topological polar surface area (TPSA) is 375 Å². The molecule has 266 valence electrons. The second kappa shape index (κ2) is 20.8. The Bertz CT molecular complexity index is 1760. The van der Waals surface area contributed by atoms with Crippen LogP contribution in [0.15, 0.2) is 36.7 Å². The van der Waals surface area contributed by atoms with Gasteiger partial charge in [0.15, 0.2) is 23.9 Å². The maximum absolute atomic E-state index is 12.4. The summed E-state index contributed by atoms with van der Waals surface area (Å²) in [6.07, 6.45) is -7.38. The second-order valence-corrected chi connectivity index (χ2v) is 14.4. The summed E-state index contributed by atoms with van der Waals surface area (Å²) in [5.41, 5.74) is 11.1. The minimum absolute atomic E-state index is 0. The molecule has 2 fully saturated rings. The van der Waals surface area contributed by atoms with Crippen LogP contribution in [-0.4, -0.2) is 102 Å². The van der Waals surface area contributed by atoms with Gasteiger partial charge in [0.25, 0.3) is 15.6 Å². The Hall–Kier alpha value is 1.27. The zero-order chi connectivity index (χ0) is 35.2. The van der Waals surface area contributed by atoms with Crippen molar-refractivity contribution in [1.82, 2.24) is 24.4 Å². The van der Waals surface area contributed by atoms with E-state index in [1.807, 2.05) is 0 Å². The zero-order valence-electron chi connectivity index (χ0n) is 27.9. The van der Waals surface area contributed by atoms with Crippen LogP contribution in [0.2, 0.25) is 0 Å². The number of fused-ring (bicyclic) bond motifs is 1. The number of carbonyl (C=O) groups is 1. The predicted octanol–water partition coefficient (Wildman–Crippen LogP) is -17.1. The van der Waals surface area contributed by atoms with Crippen molar-refractivity contribution in [2.45, 2.75) is 55.5 Å². The largest absolute Gasteiger partial charge is 1.00 e. The van der Waals surface area contributed by atoms with Crippen LogP contribution in [0, 0.1) is 0 Å². The van der Waals surface area contributed by atoms with Gasteiger partial charge in [-0.2, -0.15) is 0 Å². The van der Waals surface area contributed by atoms with Gasteiger partial charge in [-0.25, -0.2) is 19.3 Å². The van der Waals surface area contributed by atoms with Crippen LogP contribution in [0.25, 0.3) is 11.2 Å². The van der Waals surface area contributed by atoms with Crippen molar-refractivity contribution in [2.24, 2.45) is 5.73 Å². The van der Waals surface area contributed by atoms with Crippen molar-refractivity contribution in [3.8, 4) is 0 Å². The number of rotatable bonds is 13. The number of nitrogens with zero attached hydrogens (tertiary/aromatic N) is 5. The number of hydrogen-bond acceptors (Lipinski definition) is 22. The van der Waals surface area contributed by atoms with Gasteiger partial charge in [-0.3, -0.25) is 18.5 Å². The summed E-state index contributed by atoms with van der Waals surface area (Å²) in [5, 5.41) is 31.4. The monoisotopic (exact) mass is 833 g/mol. The van der Waals surface area contributed by atoms with E-state index in [-0.39, 0.29) is 147 Å². The Balaban J connectivity index is 0.00000338. The third-order valence-corrected chi connectivity index (χ3v) is 10.1. The molecule has 0 bridgehead atoms. The zero-order valence-corrected chi connectivity index (χ0v) is 38.6. The number of ether oxygens (including phenoxy) is 2. The molecule has 5 rings (SSSR count). The Morgan fingerprint density at radius 1 is 0.904 bits per heavy atom. The summed E-state index contributed by atoms with van der Waals surface area (Å²) in [6.45, 7) is -2.26. The Kier molecular flexibility index (Phi) is 20.5. The van der Waals surface area contributed by atoms with E-state index in [4.69, 9.17) is 20.9 Å². The van der Waals surface area contributed by atoms with E-state index in [1.165, 1.54) is 23.4 Å². The fourth-order valence-corrected chi connectivity index (χ4v) is 7.45. The van der Waals surface area contributed by atoms with E-state index in [0.717, 1.165) is 17.2 Å². The fraction of sp³-hybridized carbons (Fsp3) is 0.524. The molecule has 3 aliphatic rings. The van der Waals surface area contributed by atoms with Gasteiger partial charge in [0.2, 0.25) is 5.91 Å². The number of aromatic nitrogens is 4. The number of nitrogens with two attached hydrogens (primary N) is 2. The molecule has 7 N–H and O–H groups in total. The second-order valence-electron chi connectivity index (χ2n) is 10.3. The first-order chi connectivity index (χ1) is 22.4. The summed E-state index contributed by atoms with van der Waals surface area (Å²) >= 11 is 0. The Morgan fingerprint density at radius 2 is 1.48 bits per heavy atom. The SMILES string of the molecule is NC(=O)C1=CN(C2OC(COP(=O)([O-])OP(=O)([O-])OC[C@H]3O[C@@H](n4cnc5c(N)ncnc54)[C@H](OP(=O)([O-])[O-])[C@H]3O)C(O)C2O)C=CC1.[Na+].[Na+].[Na+].[Na+]. The number of aliphatic hydroxyl groups is 3. The summed E-state index contributed by atoms with van der Waals surface area (Å²) in [7, 11) is -17.4. The average Bonchev–Trinajstić information content (AvgIpc) is 3.64. The number of amides is 1. The van der Waals surface area contributed by atoms with Crippen LogP contribution in [0.5, 0.6) is 0 Å². The molecule has 2 aromatic rings. The average molecular weight is 833 g/mol. The molecule has 6 unspecified atom stereocenters. The number of anilines is 1. The minimum atomic E-state index is -5.86. The first-order valence-electron chi connectivity index (χ1n) is 13.4. The van der Waals surface area contributed by atoms with E-state index in [1.54, 1.807) is 0 Å². The van der Waals surface area contributed by atoms with Gasteiger partial charge in [-0.15, -0.1) is 0 Å². The van der Waals surface area contributed by atoms with Gasteiger partial charge in [0, 0.05) is 18.0 Å². The third kappa shape index (κ3) is 12.6. The number of imidazole rings is 1. The maximum Gasteiger partial charge on any atom is 1.00 e. The first kappa shape index (κ1) is 51.3. The van der Waals surface area contributed by atoms with Crippen molar-refractivity contribution < 1.29 is 199 Å². The van der Waals surface area contributed by atoms with Gasteiger partial charge < -0.3 is 78.9 Å². The Labute approximate surface area is 382 Å². The van der Waals surface area contributed by atoms with Gasteiger partial charge in [0.05, 0.1) is 27.4 Å². The molecule has 2 aromatic heterocycles. The molecule has 5 heterocycles. The van der Waals surface area contributed by atoms with Crippen molar-refractivity contribution in [1.29, 1.82) is 0 Å². The molecule has 0 saturated carbocycles. The number of aliphatic hydroxyl groups excluding tert-OH is 3. The third-order valence-electron chi connectivity index (χ3n) is 7.09. The maximum atomic E-state index is 12.4. The molecule has 2 saturated heterocycles. The summed E-state index contributed by atoms with van der Waals surface area (Å²) < 4.78 is 65.6. The molecular weight excluding hydrogens is 807 g/mol. The molecule has 10 atom stereocenters. The van der Waals surface area contributed by atoms with Crippen LogP contribution >= 0.6 is 23.5 Å². The van der Waals surface area contributed by atoms with Crippen molar-refractivity contribution >= 4 is 46.4 Å². The summed E-state index contributed by atoms with van der Waals surface area (Å²) in [4.78, 5) is 71.8. The minimum Gasteiger partial charge on any atom is -0.790 e. The number of phosphoric acid groups is 3. The van der Waals surface area contributed by atoms with Crippen LogP contribution < -0.4 is 149 Å². The van der Waals surface area contributed by atoms with E-state index >= 15 is 0 Å². The van der Waals surface area contributed by atoms with Crippen LogP contribution in [-0.2, 0) is 45.8 Å². The molecule has 3 aliphatic heterocycles. The van der Waals surface area contributed by atoms with Gasteiger partial charge in [0.1, 0.15) is 48.5 Å². The van der Waals surface area contributed by atoms with E-state index < -0.39 is 91.7 Å². The van der Waals surface area contributed by atoms with Crippen molar-refractivity contribution in [3.63, 3.8) is 0 Å². The molecule has 0 aliphatic carbocycles. The molecule has 0 radical (unpaired) electrons. The number of primary amides is 1. The standard InChI is InChI=1S/C21H30N7O17P3.4Na/c22-17-12-19(25-7-24-17)28(8-26-12)21-16(44-46(33,34)35)14(30)11(43-21)6-41-48(38,39)45-47(36,37)40-5-10-13(29)15(31)20(42-10)27-3-1-2-9(4-27)18(23)32;;;;/h1,3-4,7-8,10-11,13-16,20-21,29-31H,2,5-6H2,(H2,23,32)(H,36,37)(H,38,39)(H2,22,24,25)(H2,33,34,35);;;;/q;4*+1/p-4/t10?,11-,13?,14+,15?,16-,20?,21-;;;;/m1..../s1. The fourth-order valence-electron chi connectivity index (χ4n) is 4.91. The quantitative estimate of drug-likeness (QED) is 0.0924. The summed E-state index contributed by atoms with van der Waals surface area (Å²) in [5.74, 6) is -0.849. The van der Waals surface area contributed by atoms with Crippen LogP contribution in [0.3, 0.4) is 0 Å². The van der Waals surface area contributed by atoms with Gasteiger partial charge >= 0.3 is 118 Å². The number of carbonyl (C=O) groups excluding carboxylic acids is 1. The molecule has 24 nitrogen and oxygen atoms in total. The number of hydrogen-bond donors (Lipinski definition) is 5. The molecule has 0 spiro atoms. The predicted molar refractivity (Wildman–Crippen MR) is 144 cm³/mol. The number of phosphoric ester groups is 3. The van der Waals surface area contributed by atoms with Gasteiger partial charge in [-0.1, -0.05) is 6.08 Å². The molecule has 0 aromatic carbocycles.